The maximum absolute atomic E-state index is 11.4. The highest BCUT2D eigenvalue weighted by molar-refractivity contribution is 6.42. The molecule has 1 aromatic carbocycles. The van der Waals surface area contributed by atoms with Crippen molar-refractivity contribution < 1.29 is 4.79 Å². The Bertz CT molecular complexity index is 368. The molecule has 1 rings (SSSR count). The van der Waals surface area contributed by atoms with Crippen LogP contribution in [0.15, 0.2) is 18.2 Å². The van der Waals surface area contributed by atoms with E-state index in [0.29, 0.717) is 22.2 Å². The number of amides is 1. The molecule has 0 aliphatic rings. The second-order valence-electron chi connectivity index (χ2n) is 3.13. The second-order valence-corrected chi connectivity index (χ2v) is 3.95. The van der Waals surface area contributed by atoms with Crippen molar-refractivity contribution in [1.82, 2.24) is 0 Å². The smallest absolute Gasteiger partial charge is 0.241 e. The standard InChI is InChI=1S/C10H12Cl2N2O/c1-2-9(13)10(15)14-6-3-4-7(11)8(12)5-6/h3-5,9H,2,13H2,1H3,(H,14,15)/t9-/m0/s1. The Morgan fingerprint density at radius 2 is 2.13 bits per heavy atom. The molecule has 82 valence electrons. The average molecular weight is 247 g/mol. The first-order chi connectivity index (χ1) is 7.04. The maximum Gasteiger partial charge on any atom is 0.241 e. The zero-order valence-corrected chi connectivity index (χ0v) is 9.77. The van der Waals surface area contributed by atoms with Gasteiger partial charge in [0.15, 0.2) is 0 Å². The lowest BCUT2D eigenvalue weighted by molar-refractivity contribution is -0.117. The Labute approximate surface area is 98.5 Å². The van der Waals surface area contributed by atoms with Gasteiger partial charge in [-0.3, -0.25) is 4.79 Å². The molecule has 0 saturated carbocycles. The van der Waals surface area contributed by atoms with E-state index in [1.807, 2.05) is 6.92 Å². The van der Waals surface area contributed by atoms with Crippen LogP contribution in [-0.2, 0) is 4.79 Å². The summed E-state index contributed by atoms with van der Waals surface area (Å²) < 4.78 is 0. The van der Waals surface area contributed by atoms with Gasteiger partial charge in [0.05, 0.1) is 16.1 Å². The number of anilines is 1. The van der Waals surface area contributed by atoms with Crippen molar-refractivity contribution in [3.05, 3.63) is 28.2 Å². The summed E-state index contributed by atoms with van der Waals surface area (Å²) in [5.74, 6) is -0.226. The number of carbonyl (C=O) groups excluding carboxylic acids is 1. The van der Waals surface area contributed by atoms with Crippen molar-refractivity contribution in [2.45, 2.75) is 19.4 Å². The summed E-state index contributed by atoms with van der Waals surface area (Å²) in [7, 11) is 0. The Balaban J connectivity index is 2.73. The van der Waals surface area contributed by atoms with E-state index in [-0.39, 0.29) is 5.91 Å². The van der Waals surface area contributed by atoms with Crippen LogP contribution in [0.25, 0.3) is 0 Å². The van der Waals surface area contributed by atoms with Crippen LogP contribution in [0.1, 0.15) is 13.3 Å². The summed E-state index contributed by atoms with van der Waals surface area (Å²) >= 11 is 11.5. The van der Waals surface area contributed by atoms with Gasteiger partial charge < -0.3 is 11.1 Å². The number of carbonyl (C=O) groups is 1. The first-order valence-corrected chi connectivity index (χ1v) is 5.31. The average Bonchev–Trinajstić information content (AvgIpc) is 2.22. The van der Waals surface area contributed by atoms with Gasteiger partial charge in [-0.2, -0.15) is 0 Å². The molecule has 0 spiro atoms. The second kappa shape index (κ2) is 5.35. The molecule has 0 unspecified atom stereocenters. The van der Waals surface area contributed by atoms with Crippen LogP contribution in [0.5, 0.6) is 0 Å². The van der Waals surface area contributed by atoms with Gasteiger partial charge in [0, 0.05) is 5.69 Å². The molecule has 15 heavy (non-hydrogen) atoms. The minimum absolute atomic E-state index is 0.226. The normalized spacial score (nSPS) is 12.3. The van der Waals surface area contributed by atoms with Gasteiger partial charge in [-0.15, -0.1) is 0 Å². The molecule has 0 heterocycles. The van der Waals surface area contributed by atoms with Gasteiger partial charge in [-0.1, -0.05) is 30.1 Å². The SMILES string of the molecule is CC[C@H](N)C(=O)Nc1ccc(Cl)c(Cl)c1. The Morgan fingerprint density at radius 1 is 1.47 bits per heavy atom. The number of hydrogen-bond donors (Lipinski definition) is 2. The molecule has 1 amide bonds. The van der Waals surface area contributed by atoms with E-state index >= 15 is 0 Å². The largest absolute Gasteiger partial charge is 0.325 e. The monoisotopic (exact) mass is 246 g/mol. The van der Waals surface area contributed by atoms with Crippen LogP contribution >= 0.6 is 23.2 Å². The third kappa shape index (κ3) is 3.38. The summed E-state index contributed by atoms with van der Waals surface area (Å²) in [6, 6.07) is 4.38. The molecule has 0 aliphatic heterocycles. The van der Waals surface area contributed by atoms with Gasteiger partial charge in [0.1, 0.15) is 0 Å². The number of nitrogens with two attached hydrogens (primary N) is 1. The Morgan fingerprint density at radius 3 is 2.67 bits per heavy atom. The lowest BCUT2D eigenvalue weighted by Crippen LogP contribution is -2.34. The number of benzene rings is 1. The van der Waals surface area contributed by atoms with E-state index in [0.717, 1.165) is 0 Å². The Kier molecular flexibility index (Phi) is 4.39. The highest BCUT2D eigenvalue weighted by atomic mass is 35.5. The molecule has 5 heteroatoms. The molecular weight excluding hydrogens is 235 g/mol. The predicted octanol–water partition coefficient (Wildman–Crippen LogP) is 2.67. The van der Waals surface area contributed by atoms with Crippen LogP contribution in [-0.4, -0.2) is 11.9 Å². The van der Waals surface area contributed by atoms with Crippen molar-refractivity contribution >= 4 is 34.8 Å². The van der Waals surface area contributed by atoms with Crippen LogP contribution in [0, 0.1) is 0 Å². The predicted molar refractivity (Wildman–Crippen MR) is 63.4 cm³/mol. The summed E-state index contributed by atoms with van der Waals surface area (Å²) in [5.41, 5.74) is 6.16. The third-order valence-corrected chi connectivity index (χ3v) is 2.70. The highest BCUT2D eigenvalue weighted by Crippen LogP contribution is 2.24. The first kappa shape index (κ1) is 12.3. The lowest BCUT2D eigenvalue weighted by Gasteiger charge is -2.10. The molecule has 0 saturated heterocycles. The summed E-state index contributed by atoms with van der Waals surface area (Å²) in [6.07, 6.45) is 0.590. The van der Waals surface area contributed by atoms with E-state index in [1.165, 1.54) is 0 Å². The van der Waals surface area contributed by atoms with Crippen molar-refractivity contribution in [1.29, 1.82) is 0 Å². The van der Waals surface area contributed by atoms with Gasteiger partial charge in [-0.25, -0.2) is 0 Å². The van der Waals surface area contributed by atoms with E-state index in [9.17, 15) is 4.79 Å². The summed E-state index contributed by atoms with van der Waals surface area (Å²) in [6.45, 7) is 1.85. The fourth-order valence-electron chi connectivity index (χ4n) is 0.994. The summed E-state index contributed by atoms with van der Waals surface area (Å²) in [5, 5.41) is 3.51. The zero-order chi connectivity index (χ0) is 11.4. The van der Waals surface area contributed by atoms with Crippen LogP contribution in [0.2, 0.25) is 10.0 Å². The van der Waals surface area contributed by atoms with Crippen LogP contribution in [0.3, 0.4) is 0 Å². The zero-order valence-electron chi connectivity index (χ0n) is 8.26. The van der Waals surface area contributed by atoms with E-state index in [2.05, 4.69) is 5.32 Å². The van der Waals surface area contributed by atoms with Crippen LogP contribution in [0.4, 0.5) is 5.69 Å². The molecule has 3 N–H and O–H groups in total. The fraction of sp³-hybridized carbons (Fsp3) is 0.300. The number of halogens is 2. The van der Waals surface area contributed by atoms with Crippen LogP contribution < -0.4 is 11.1 Å². The molecule has 1 atom stereocenters. The molecule has 0 aromatic heterocycles. The maximum atomic E-state index is 11.4. The molecular formula is C10H12Cl2N2O. The van der Waals surface area contributed by atoms with Crippen molar-refractivity contribution in [2.24, 2.45) is 5.73 Å². The molecule has 0 fully saturated rings. The van der Waals surface area contributed by atoms with E-state index in [4.69, 9.17) is 28.9 Å². The van der Waals surface area contributed by atoms with E-state index in [1.54, 1.807) is 18.2 Å². The minimum atomic E-state index is -0.501. The third-order valence-electron chi connectivity index (χ3n) is 1.96. The summed E-state index contributed by atoms with van der Waals surface area (Å²) in [4.78, 5) is 11.4. The molecule has 1 aromatic rings. The molecule has 0 aliphatic carbocycles. The van der Waals surface area contributed by atoms with Gasteiger partial charge >= 0.3 is 0 Å². The molecule has 0 bridgehead atoms. The Hall–Kier alpha value is -0.770. The van der Waals surface area contributed by atoms with Gasteiger partial charge in [0.2, 0.25) is 5.91 Å². The molecule has 0 radical (unpaired) electrons. The minimum Gasteiger partial charge on any atom is -0.325 e. The number of rotatable bonds is 3. The van der Waals surface area contributed by atoms with Crippen molar-refractivity contribution in [3.8, 4) is 0 Å². The molecule has 3 nitrogen and oxygen atoms in total. The number of nitrogens with one attached hydrogen (secondary N) is 1. The van der Waals surface area contributed by atoms with Crippen molar-refractivity contribution in [2.75, 3.05) is 5.32 Å². The first-order valence-electron chi connectivity index (χ1n) is 4.56. The van der Waals surface area contributed by atoms with Gasteiger partial charge in [0.25, 0.3) is 0 Å². The van der Waals surface area contributed by atoms with Gasteiger partial charge in [-0.05, 0) is 24.6 Å². The highest BCUT2D eigenvalue weighted by Gasteiger charge is 2.11. The quantitative estimate of drug-likeness (QED) is 0.862. The fourth-order valence-corrected chi connectivity index (χ4v) is 1.29. The van der Waals surface area contributed by atoms with E-state index < -0.39 is 6.04 Å². The topological polar surface area (TPSA) is 55.1 Å². The lowest BCUT2D eigenvalue weighted by atomic mass is 10.2. The van der Waals surface area contributed by atoms with Crippen molar-refractivity contribution in [3.63, 3.8) is 0 Å². The number of hydrogen-bond acceptors (Lipinski definition) is 2.